The lowest BCUT2D eigenvalue weighted by Gasteiger charge is -2.20. The molecule has 0 atom stereocenters. The second-order valence-corrected chi connectivity index (χ2v) is 7.03. The summed E-state index contributed by atoms with van der Waals surface area (Å²) >= 11 is 0. The molecule has 2 rings (SSSR count). The van der Waals surface area contributed by atoms with Crippen LogP contribution < -0.4 is 5.32 Å². The standard InChI is InChI=1S/C19H25N3O3/c1-13-16(11-18(24)25-12-17(23)20-19(3,4)5)14(2)22(21-13)15-9-7-6-8-10-15/h6-10H,11-12H2,1-5H3,(H,20,23). The summed E-state index contributed by atoms with van der Waals surface area (Å²) in [6, 6.07) is 9.73. The number of rotatable bonds is 5. The van der Waals surface area contributed by atoms with Crippen molar-refractivity contribution in [2.45, 2.75) is 46.6 Å². The number of aromatic nitrogens is 2. The smallest absolute Gasteiger partial charge is 0.310 e. The Morgan fingerprint density at radius 2 is 1.80 bits per heavy atom. The summed E-state index contributed by atoms with van der Waals surface area (Å²) in [7, 11) is 0. The van der Waals surface area contributed by atoms with Crippen molar-refractivity contribution in [2.75, 3.05) is 6.61 Å². The lowest BCUT2D eigenvalue weighted by Crippen LogP contribution is -2.42. The van der Waals surface area contributed by atoms with Crippen LogP contribution >= 0.6 is 0 Å². The quantitative estimate of drug-likeness (QED) is 0.847. The highest BCUT2D eigenvalue weighted by Crippen LogP contribution is 2.18. The van der Waals surface area contributed by atoms with Crippen LogP contribution in [0.25, 0.3) is 5.69 Å². The third-order valence-corrected chi connectivity index (χ3v) is 3.64. The van der Waals surface area contributed by atoms with Gasteiger partial charge in [-0.2, -0.15) is 5.10 Å². The van der Waals surface area contributed by atoms with Crippen LogP contribution in [0.4, 0.5) is 0 Å². The van der Waals surface area contributed by atoms with Crippen LogP contribution in [0.3, 0.4) is 0 Å². The fraction of sp³-hybridized carbons (Fsp3) is 0.421. The Hall–Kier alpha value is -2.63. The van der Waals surface area contributed by atoms with Gasteiger partial charge in [0.2, 0.25) is 0 Å². The molecular weight excluding hydrogens is 318 g/mol. The monoisotopic (exact) mass is 343 g/mol. The zero-order chi connectivity index (χ0) is 18.6. The first-order valence-electron chi connectivity index (χ1n) is 8.24. The molecule has 0 bridgehead atoms. The van der Waals surface area contributed by atoms with Gasteiger partial charge < -0.3 is 10.1 Å². The maximum atomic E-state index is 12.1. The number of esters is 1. The minimum Gasteiger partial charge on any atom is -0.455 e. The first-order valence-corrected chi connectivity index (χ1v) is 8.24. The molecular formula is C19H25N3O3. The third-order valence-electron chi connectivity index (χ3n) is 3.64. The minimum absolute atomic E-state index is 0.0906. The van der Waals surface area contributed by atoms with Crippen molar-refractivity contribution in [2.24, 2.45) is 0 Å². The summed E-state index contributed by atoms with van der Waals surface area (Å²) in [5.74, 6) is -0.753. The Balaban J connectivity index is 2.02. The number of carbonyl (C=O) groups excluding carboxylic acids is 2. The molecule has 25 heavy (non-hydrogen) atoms. The van der Waals surface area contributed by atoms with Crippen molar-refractivity contribution in [3.05, 3.63) is 47.3 Å². The molecule has 0 saturated carbocycles. The van der Waals surface area contributed by atoms with Crippen molar-refractivity contribution in [3.63, 3.8) is 0 Å². The number of aryl methyl sites for hydroxylation is 1. The number of nitrogens with one attached hydrogen (secondary N) is 1. The molecule has 0 aliphatic heterocycles. The van der Waals surface area contributed by atoms with Gasteiger partial charge in [-0.15, -0.1) is 0 Å². The molecule has 0 unspecified atom stereocenters. The molecule has 0 fully saturated rings. The molecule has 1 amide bonds. The van der Waals surface area contributed by atoms with E-state index in [1.165, 1.54) is 0 Å². The zero-order valence-electron chi connectivity index (χ0n) is 15.4. The highest BCUT2D eigenvalue weighted by Gasteiger charge is 2.19. The van der Waals surface area contributed by atoms with Crippen LogP contribution in [-0.2, 0) is 20.7 Å². The zero-order valence-corrected chi connectivity index (χ0v) is 15.4. The average molecular weight is 343 g/mol. The predicted octanol–water partition coefficient (Wildman–Crippen LogP) is 2.49. The number of ether oxygens (including phenoxy) is 1. The van der Waals surface area contributed by atoms with Gasteiger partial charge in [0.25, 0.3) is 5.91 Å². The lowest BCUT2D eigenvalue weighted by atomic mass is 10.1. The maximum Gasteiger partial charge on any atom is 0.310 e. The lowest BCUT2D eigenvalue weighted by molar-refractivity contribution is -0.148. The maximum absolute atomic E-state index is 12.1. The summed E-state index contributed by atoms with van der Waals surface area (Å²) in [5.41, 5.74) is 3.07. The van der Waals surface area contributed by atoms with Gasteiger partial charge >= 0.3 is 5.97 Å². The number of nitrogens with zero attached hydrogens (tertiary/aromatic N) is 2. The van der Waals surface area contributed by atoms with E-state index in [2.05, 4.69) is 10.4 Å². The molecule has 0 spiro atoms. The molecule has 0 saturated heterocycles. The molecule has 6 nitrogen and oxygen atoms in total. The Morgan fingerprint density at radius 3 is 2.40 bits per heavy atom. The normalized spacial score (nSPS) is 11.2. The van der Waals surface area contributed by atoms with Gasteiger partial charge in [0.1, 0.15) is 0 Å². The van der Waals surface area contributed by atoms with E-state index in [1.54, 1.807) is 0 Å². The number of hydrogen-bond donors (Lipinski definition) is 1. The summed E-state index contributed by atoms with van der Waals surface area (Å²) in [4.78, 5) is 23.8. The van der Waals surface area contributed by atoms with E-state index in [9.17, 15) is 9.59 Å². The van der Waals surface area contributed by atoms with E-state index < -0.39 is 5.97 Å². The second kappa shape index (κ2) is 7.51. The van der Waals surface area contributed by atoms with Gasteiger partial charge in [0.15, 0.2) is 6.61 Å². The number of amides is 1. The number of hydrogen-bond acceptors (Lipinski definition) is 4. The minimum atomic E-state index is -0.442. The number of carbonyl (C=O) groups is 2. The molecule has 1 aromatic heterocycles. The molecule has 1 heterocycles. The Bertz CT molecular complexity index is 758. The van der Waals surface area contributed by atoms with Crippen molar-refractivity contribution in [1.29, 1.82) is 0 Å². The third kappa shape index (κ3) is 5.17. The first-order chi connectivity index (χ1) is 11.7. The van der Waals surface area contributed by atoms with Crippen LogP contribution in [0.5, 0.6) is 0 Å². The SMILES string of the molecule is Cc1nn(-c2ccccc2)c(C)c1CC(=O)OCC(=O)NC(C)(C)C. The molecule has 2 aromatic rings. The van der Waals surface area contributed by atoms with E-state index in [1.807, 2.05) is 69.6 Å². The molecule has 0 aliphatic rings. The fourth-order valence-electron chi connectivity index (χ4n) is 2.55. The van der Waals surface area contributed by atoms with E-state index in [4.69, 9.17) is 4.74 Å². The van der Waals surface area contributed by atoms with Gasteiger partial charge in [-0.1, -0.05) is 18.2 Å². The van der Waals surface area contributed by atoms with Crippen LogP contribution in [0.2, 0.25) is 0 Å². The second-order valence-electron chi connectivity index (χ2n) is 7.03. The Labute approximate surface area is 148 Å². The fourth-order valence-corrected chi connectivity index (χ4v) is 2.55. The van der Waals surface area contributed by atoms with Gasteiger partial charge in [-0.3, -0.25) is 9.59 Å². The van der Waals surface area contributed by atoms with Gasteiger partial charge in [0.05, 0.1) is 17.8 Å². The molecule has 1 aromatic carbocycles. The van der Waals surface area contributed by atoms with Gasteiger partial charge in [-0.05, 0) is 46.8 Å². The average Bonchev–Trinajstić information content (AvgIpc) is 2.80. The largest absolute Gasteiger partial charge is 0.455 e. The topological polar surface area (TPSA) is 73.2 Å². The van der Waals surface area contributed by atoms with E-state index >= 15 is 0 Å². The van der Waals surface area contributed by atoms with Crippen molar-refractivity contribution < 1.29 is 14.3 Å². The highest BCUT2D eigenvalue weighted by atomic mass is 16.5. The summed E-state index contributed by atoms with van der Waals surface area (Å²) in [6.07, 6.45) is 0.0906. The van der Waals surface area contributed by atoms with Crippen LogP contribution in [-0.4, -0.2) is 33.8 Å². The van der Waals surface area contributed by atoms with Crippen molar-refractivity contribution >= 4 is 11.9 Å². The summed E-state index contributed by atoms with van der Waals surface area (Å²) < 4.78 is 6.90. The van der Waals surface area contributed by atoms with E-state index in [0.717, 1.165) is 22.6 Å². The Morgan fingerprint density at radius 1 is 1.16 bits per heavy atom. The van der Waals surface area contributed by atoms with Crippen molar-refractivity contribution in [1.82, 2.24) is 15.1 Å². The van der Waals surface area contributed by atoms with Gasteiger partial charge in [-0.25, -0.2) is 4.68 Å². The molecule has 6 heteroatoms. The van der Waals surface area contributed by atoms with E-state index in [-0.39, 0.29) is 24.5 Å². The summed E-state index contributed by atoms with van der Waals surface area (Å²) in [6.45, 7) is 9.12. The molecule has 134 valence electrons. The predicted molar refractivity (Wildman–Crippen MR) is 95.6 cm³/mol. The van der Waals surface area contributed by atoms with Gasteiger partial charge in [0, 0.05) is 16.8 Å². The molecule has 0 radical (unpaired) electrons. The molecule has 0 aliphatic carbocycles. The van der Waals surface area contributed by atoms with Crippen LogP contribution in [0, 0.1) is 13.8 Å². The van der Waals surface area contributed by atoms with E-state index in [0.29, 0.717) is 0 Å². The first kappa shape index (κ1) is 18.7. The number of benzene rings is 1. The van der Waals surface area contributed by atoms with Crippen LogP contribution in [0.1, 0.15) is 37.7 Å². The Kier molecular flexibility index (Phi) is 5.62. The summed E-state index contributed by atoms with van der Waals surface area (Å²) in [5, 5.41) is 7.26. The van der Waals surface area contributed by atoms with Crippen molar-refractivity contribution in [3.8, 4) is 5.69 Å². The molecule has 1 N–H and O–H groups in total. The highest BCUT2D eigenvalue weighted by molar-refractivity contribution is 5.81. The van der Waals surface area contributed by atoms with Crippen LogP contribution in [0.15, 0.2) is 30.3 Å². The number of para-hydroxylation sites is 1.